The first kappa shape index (κ1) is 15.3. The van der Waals surface area contributed by atoms with Crippen molar-refractivity contribution in [2.24, 2.45) is 5.92 Å². The summed E-state index contributed by atoms with van der Waals surface area (Å²) in [5.41, 5.74) is 0. The molecule has 0 saturated carbocycles. The van der Waals surface area contributed by atoms with E-state index in [1.54, 1.807) is 18.8 Å². The highest BCUT2D eigenvalue weighted by Gasteiger charge is 2.18. The molecule has 1 saturated heterocycles. The predicted octanol–water partition coefficient (Wildman–Crippen LogP) is -0.0764. The minimum Gasteiger partial charge on any atom is -0.355 e. The molecular formula is C12H23N3O2S. The molecule has 0 spiro atoms. The van der Waals surface area contributed by atoms with Crippen LogP contribution in [0, 0.1) is 5.92 Å². The summed E-state index contributed by atoms with van der Waals surface area (Å²) in [5, 5.41) is 5.97. The predicted molar refractivity (Wildman–Crippen MR) is 74.6 cm³/mol. The summed E-state index contributed by atoms with van der Waals surface area (Å²) in [6.45, 7) is 4.96. The van der Waals surface area contributed by atoms with Crippen molar-refractivity contribution in [2.75, 3.05) is 44.7 Å². The molecule has 0 radical (unpaired) electrons. The van der Waals surface area contributed by atoms with Gasteiger partial charge >= 0.3 is 0 Å². The van der Waals surface area contributed by atoms with Gasteiger partial charge in [0.1, 0.15) is 0 Å². The highest BCUT2D eigenvalue weighted by Crippen LogP contribution is 2.12. The smallest absolute Gasteiger partial charge is 0.239 e. The summed E-state index contributed by atoms with van der Waals surface area (Å²) in [5.74, 6) is 2.14. The number of hydrogen-bond acceptors (Lipinski definition) is 4. The molecule has 0 aromatic carbocycles. The van der Waals surface area contributed by atoms with Gasteiger partial charge in [0.15, 0.2) is 0 Å². The molecule has 0 aromatic rings. The Morgan fingerprint density at radius 2 is 2.17 bits per heavy atom. The van der Waals surface area contributed by atoms with Crippen LogP contribution in [0.5, 0.6) is 0 Å². The van der Waals surface area contributed by atoms with E-state index in [9.17, 15) is 9.59 Å². The minimum atomic E-state index is -0.0825. The Bertz CT molecular complexity index is 282. The molecule has 1 heterocycles. The van der Waals surface area contributed by atoms with Gasteiger partial charge in [-0.3, -0.25) is 9.59 Å². The van der Waals surface area contributed by atoms with Crippen LogP contribution in [0.3, 0.4) is 0 Å². The number of carbonyl (C=O) groups is 2. The monoisotopic (exact) mass is 273 g/mol. The van der Waals surface area contributed by atoms with Gasteiger partial charge in [0.25, 0.3) is 0 Å². The number of hydrogen-bond donors (Lipinski definition) is 2. The van der Waals surface area contributed by atoms with Crippen LogP contribution in [0.15, 0.2) is 0 Å². The molecule has 0 bridgehead atoms. The average Bonchev–Trinajstić information content (AvgIpc) is 2.29. The number of carbonyl (C=O) groups excluding carboxylic acids is 2. The molecule has 1 fully saturated rings. The molecule has 2 amide bonds. The highest BCUT2D eigenvalue weighted by atomic mass is 32.2. The lowest BCUT2D eigenvalue weighted by atomic mass is 10.1. The van der Waals surface area contributed by atoms with E-state index in [4.69, 9.17) is 0 Å². The Balaban J connectivity index is 2.09. The van der Waals surface area contributed by atoms with Crippen LogP contribution in [0.25, 0.3) is 0 Å². The van der Waals surface area contributed by atoms with Gasteiger partial charge < -0.3 is 15.5 Å². The zero-order valence-electron chi connectivity index (χ0n) is 11.2. The van der Waals surface area contributed by atoms with Crippen molar-refractivity contribution in [2.45, 2.75) is 13.3 Å². The van der Waals surface area contributed by atoms with E-state index >= 15 is 0 Å². The Labute approximate surface area is 113 Å². The van der Waals surface area contributed by atoms with Gasteiger partial charge in [-0.15, -0.1) is 0 Å². The number of nitrogens with one attached hydrogen (secondary N) is 2. The zero-order valence-corrected chi connectivity index (χ0v) is 12.0. The molecule has 5 nitrogen and oxygen atoms in total. The number of rotatable bonds is 8. The molecule has 2 N–H and O–H groups in total. The standard InChI is InChI=1S/C12H23N3O2S/c1-3-4-14-11(16)7-15(2)12(17)9-18-8-10-5-13-6-10/h10,13H,3-9H2,1-2H3,(H,14,16). The quantitative estimate of drug-likeness (QED) is 0.649. The van der Waals surface area contributed by atoms with Crippen molar-refractivity contribution in [1.29, 1.82) is 0 Å². The van der Waals surface area contributed by atoms with Crippen LogP contribution in [-0.2, 0) is 9.59 Å². The number of amides is 2. The van der Waals surface area contributed by atoms with E-state index in [1.807, 2.05) is 6.92 Å². The summed E-state index contributed by atoms with van der Waals surface area (Å²) < 4.78 is 0. The minimum absolute atomic E-state index is 0.0268. The van der Waals surface area contributed by atoms with E-state index < -0.39 is 0 Å². The number of thioether (sulfide) groups is 1. The van der Waals surface area contributed by atoms with E-state index in [1.165, 1.54) is 4.90 Å². The zero-order chi connectivity index (χ0) is 13.4. The second-order valence-corrected chi connectivity index (χ2v) is 5.67. The molecule has 0 aliphatic carbocycles. The Morgan fingerprint density at radius 3 is 2.72 bits per heavy atom. The van der Waals surface area contributed by atoms with Crippen LogP contribution in [0.1, 0.15) is 13.3 Å². The molecule has 18 heavy (non-hydrogen) atoms. The SMILES string of the molecule is CCCNC(=O)CN(C)C(=O)CSCC1CNC1. The van der Waals surface area contributed by atoms with Crippen molar-refractivity contribution in [1.82, 2.24) is 15.5 Å². The van der Waals surface area contributed by atoms with Crippen LogP contribution in [0.4, 0.5) is 0 Å². The van der Waals surface area contributed by atoms with Gasteiger partial charge in [0, 0.05) is 13.6 Å². The normalized spacial score (nSPS) is 15.0. The summed E-state index contributed by atoms with van der Waals surface area (Å²) in [7, 11) is 1.68. The maximum Gasteiger partial charge on any atom is 0.239 e. The number of likely N-dealkylation sites (N-methyl/N-ethyl adjacent to an activating group) is 1. The molecule has 6 heteroatoms. The summed E-state index contributed by atoms with van der Waals surface area (Å²) in [6, 6.07) is 0. The maximum absolute atomic E-state index is 11.7. The van der Waals surface area contributed by atoms with Gasteiger partial charge in [0.05, 0.1) is 12.3 Å². The molecule has 1 rings (SSSR count). The maximum atomic E-state index is 11.7. The van der Waals surface area contributed by atoms with E-state index in [2.05, 4.69) is 10.6 Å². The van der Waals surface area contributed by atoms with E-state index in [0.29, 0.717) is 18.2 Å². The van der Waals surface area contributed by atoms with Gasteiger partial charge in [-0.05, 0) is 31.2 Å². The van der Waals surface area contributed by atoms with Crippen LogP contribution in [-0.4, -0.2) is 61.4 Å². The summed E-state index contributed by atoms with van der Waals surface area (Å²) in [6.07, 6.45) is 0.911. The lowest BCUT2D eigenvalue weighted by Crippen LogP contribution is -2.43. The fourth-order valence-electron chi connectivity index (χ4n) is 1.51. The third kappa shape index (κ3) is 5.73. The van der Waals surface area contributed by atoms with Crippen molar-refractivity contribution in [3.8, 4) is 0 Å². The van der Waals surface area contributed by atoms with Gasteiger partial charge in [-0.25, -0.2) is 0 Å². The highest BCUT2D eigenvalue weighted by molar-refractivity contribution is 7.99. The molecular weight excluding hydrogens is 250 g/mol. The van der Waals surface area contributed by atoms with Gasteiger partial charge in [-0.1, -0.05) is 6.92 Å². The summed E-state index contributed by atoms with van der Waals surface area (Å²) >= 11 is 1.66. The Morgan fingerprint density at radius 1 is 1.44 bits per heavy atom. The molecule has 0 unspecified atom stereocenters. The number of nitrogens with zero attached hydrogens (tertiary/aromatic N) is 1. The van der Waals surface area contributed by atoms with E-state index in [0.717, 1.165) is 25.3 Å². The largest absolute Gasteiger partial charge is 0.355 e. The Hall–Kier alpha value is -0.750. The van der Waals surface area contributed by atoms with Crippen molar-refractivity contribution in [3.63, 3.8) is 0 Å². The van der Waals surface area contributed by atoms with Gasteiger partial charge in [-0.2, -0.15) is 11.8 Å². The molecule has 0 atom stereocenters. The first-order chi connectivity index (χ1) is 8.63. The van der Waals surface area contributed by atoms with Crippen LogP contribution in [0.2, 0.25) is 0 Å². The first-order valence-corrected chi connectivity index (χ1v) is 7.58. The van der Waals surface area contributed by atoms with Crippen molar-refractivity contribution in [3.05, 3.63) is 0 Å². The lowest BCUT2D eigenvalue weighted by Gasteiger charge is -2.26. The molecule has 1 aliphatic rings. The molecule has 0 aromatic heterocycles. The first-order valence-electron chi connectivity index (χ1n) is 6.42. The van der Waals surface area contributed by atoms with Crippen LogP contribution >= 0.6 is 11.8 Å². The summed E-state index contributed by atoms with van der Waals surface area (Å²) in [4.78, 5) is 24.7. The fourth-order valence-corrected chi connectivity index (χ4v) is 2.60. The average molecular weight is 273 g/mol. The molecule has 104 valence electrons. The van der Waals surface area contributed by atoms with Crippen molar-refractivity contribution < 1.29 is 9.59 Å². The van der Waals surface area contributed by atoms with E-state index in [-0.39, 0.29) is 18.4 Å². The topological polar surface area (TPSA) is 61.4 Å². The second kappa shape index (κ2) is 8.37. The van der Waals surface area contributed by atoms with Crippen molar-refractivity contribution >= 4 is 23.6 Å². The third-order valence-electron chi connectivity index (χ3n) is 2.82. The Kier molecular flexibility index (Phi) is 7.12. The lowest BCUT2D eigenvalue weighted by molar-refractivity contribution is -0.132. The fraction of sp³-hybridized carbons (Fsp3) is 0.833. The second-order valence-electron chi connectivity index (χ2n) is 4.64. The van der Waals surface area contributed by atoms with Crippen LogP contribution < -0.4 is 10.6 Å². The molecule has 1 aliphatic heterocycles. The van der Waals surface area contributed by atoms with Gasteiger partial charge in [0.2, 0.25) is 11.8 Å². The third-order valence-corrected chi connectivity index (χ3v) is 3.98.